The van der Waals surface area contributed by atoms with Crippen LogP contribution >= 0.6 is 0 Å². The van der Waals surface area contributed by atoms with Gasteiger partial charge in [-0.3, -0.25) is 14.8 Å². The molecule has 0 aliphatic rings. The summed E-state index contributed by atoms with van der Waals surface area (Å²) in [5.41, 5.74) is 2.75. The van der Waals surface area contributed by atoms with Crippen LogP contribution in [0, 0.1) is 0 Å². The van der Waals surface area contributed by atoms with Crippen LogP contribution in [-0.2, 0) is 13.0 Å². The van der Waals surface area contributed by atoms with E-state index in [1.165, 1.54) is 11.1 Å². The average molecular weight is 349 g/mol. The minimum Gasteiger partial charge on any atom is -0.494 e. The molecule has 26 heavy (non-hydrogen) atoms. The quantitative estimate of drug-likeness (QED) is 0.672. The molecule has 3 rings (SSSR count). The first-order valence-electron chi connectivity index (χ1n) is 8.61. The standard InChI is InChI=1S/C21H23N3O2/c1-24(2)14-16-9-7-15(8-10-16)11-12-22-13-19-17-5-3-4-6-18(17)20(25)23-21(19)26/h3-10,13H,11-12,14H2,1-2H3,(H2,23,25,26). The lowest BCUT2D eigenvalue weighted by Crippen LogP contribution is -2.10. The Morgan fingerprint density at radius 3 is 2.38 bits per heavy atom. The molecule has 0 spiro atoms. The van der Waals surface area contributed by atoms with Crippen molar-refractivity contribution in [2.24, 2.45) is 4.99 Å². The van der Waals surface area contributed by atoms with Crippen molar-refractivity contribution in [3.05, 3.63) is 75.6 Å². The fourth-order valence-corrected chi connectivity index (χ4v) is 2.94. The largest absolute Gasteiger partial charge is 0.494 e. The van der Waals surface area contributed by atoms with Gasteiger partial charge in [0.2, 0.25) is 5.88 Å². The summed E-state index contributed by atoms with van der Waals surface area (Å²) in [6, 6.07) is 15.7. The van der Waals surface area contributed by atoms with Crippen molar-refractivity contribution in [3.63, 3.8) is 0 Å². The van der Waals surface area contributed by atoms with Gasteiger partial charge in [0.1, 0.15) is 0 Å². The normalized spacial score (nSPS) is 11.7. The van der Waals surface area contributed by atoms with Crippen molar-refractivity contribution < 1.29 is 5.11 Å². The van der Waals surface area contributed by atoms with Gasteiger partial charge in [-0.2, -0.15) is 0 Å². The van der Waals surface area contributed by atoms with Gasteiger partial charge < -0.3 is 10.0 Å². The summed E-state index contributed by atoms with van der Waals surface area (Å²) < 4.78 is 0. The predicted octanol–water partition coefficient (Wildman–Crippen LogP) is 2.96. The highest BCUT2D eigenvalue weighted by atomic mass is 16.3. The van der Waals surface area contributed by atoms with Gasteiger partial charge in [0.05, 0.1) is 5.56 Å². The van der Waals surface area contributed by atoms with E-state index in [9.17, 15) is 9.90 Å². The summed E-state index contributed by atoms with van der Waals surface area (Å²) in [4.78, 5) is 20.9. The second kappa shape index (κ2) is 7.97. The summed E-state index contributed by atoms with van der Waals surface area (Å²) in [6.45, 7) is 1.54. The highest BCUT2D eigenvalue weighted by Crippen LogP contribution is 2.20. The number of benzene rings is 2. The molecule has 5 heteroatoms. The molecule has 3 aromatic rings. The summed E-state index contributed by atoms with van der Waals surface area (Å²) in [5.74, 6) is -0.148. The van der Waals surface area contributed by atoms with Crippen LogP contribution in [0.5, 0.6) is 5.88 Å². The molecule has 0 fully saturated rings. The van der Waals surface area contributed by atoms with Crippen LogP contribution in [0.3, 0.4) is 0 Å². The number of hydrogen-bond donors (Lipinski definition) is 2. The maximum absolute atomic E-state index is 11.9. The highest BCUT2D eigenvalue weighted by molar-refractivity contribution is 6.01. The molecule has 0 radical (unpaired) electrons. The Hall–Kier alpha value is -2.92. The molecule has 0 aliphatic carbocycles. The zero-order chi connectivity index (χ0) is 18.5. The highest BCUT2D eigenvalue weighted by Gasteiger charge is 2.08. The second-order valence-electron chi connectivity index (χ2n) is 6.60. The van der Waals surface area contributed by atoms with Gasteiger partial charge in [-0.1, -0.05) is 42.5 Å². The smallest absolute Gasteiger partial charge is 0.258 e. The molecule has 0 bridgehead atoms. The summed E-state index contributed by atoms with van der Waals surface area (Å²) in [6.07, 6.45) is 2.45. The number of aliphatic imine (C=N–C) groups is 1. The molecule has 0 atom stereocenters. The lowest BCUT2D eigenvalue weighted by molar-refractivity contribution is 0.402. The van der Waals surface area contributed by atoms with Gasteiger partial charge in [-0.05, 0) is 37.7 Å². The van der Waals surface area contributed by atoms with Crippen molar-refractivity contribution in [2.45, 2.75) is 13.0 Å². The van der Waals surface area contributed by atoms with Crippen LogP contribution in [0.4, 0.5) is 0 Å². The fourth-order valence-electron chi connectivity index (χ4n) is 2.94. The fraction of sp³-hybridized carbons (Fsp3) is 0.238. The maximum atomic E-state index is 11.9. The molecular weight excluding hydrogens is 326 g/mol. The first kappa shape index (κ1) is 17.9. The van der Waals surface area contributed by atoms with Gasteiger partial charge in [0.15, 0.2) is 0 Å². The van der Waals surface area contributed by atoms with Crippen molar-refractivity contribution in [3.8, 4) is 5.88 Å². The zero-order valence-electron chi connectivity index (χ0n) is 15.1. The van der Waals surface area contributed by atoms with Crippen molar-refractivity contribution >= 4 is 17.0 Å². The molecule has 0 aliphatic heterocycles. The van der Waals surface area contributed by atoms with Crippen LogP contribution in [0.15, 0.2) is 58.3 Å². The number of H-pyrrole nitrogens is 1. The monoisotopic (exact) mass is 349 g/mol. The first-order chi connectivity index (χ1) is 12.5. The topological polar surface area (TPSA) is 68.7 Å². The minimum absolute atomic E-state index is 0.148. The molecule has 2 N–H and O–H groups in total. The van der Waals surface area contributed by atoms with Crippen molar-refractivity contribution in [1.29, 1.82) is 0 Å². The summed E-state index contributed by atoms with van der Waals surface area (Å²) >= 11 is 0. The van der Waals surface area contributed by atoms with Gasteiger partial charge in [-0.15, -0.1) is 0 Å². The van der Waals surface area contributed by atoms with Crippen LogP contribution in [0.25, 0.3) is 10.8 Å². The predicted molar refractivity (Wildman–Crippen MR) is 106 cm³/mol. The lowest BCUT2D eigenvalue weighted by Gasteiger charge is -2.09. The average Bonchev–Trinajstić information content (AvgIpc) is 2.62. The Morgan fingerprint density at radius 2 is 1.69 bits per heavy atom. The minimum atomic E-state index is -0.298. The number of aromatic nitrogens is 1. The number of aromatic hydroxyl groups is 1. The number of fused-ring (bicyclic) bond motifs is 1. The van der Waals surface area contributed by atoms with Gasteiger partial charge in [0.25, 0.3) is 5.56 Å². The van der Waals surface area contributed by atoms with Crippen LogP contribution < -0.4 is 5.56 Å². The van der Waals surface area contributed by atoms with E-state index in [-0.39, 0.29) is 11.4 Å². The third-order valence-corrected chi connectivity index (χ3v) is 4.22. The zero-order valence-corrected chi connectivity index (χ0v) is 15.1. The molecule has 134 valence electrons. The SMILES string of the molecule is CN(C)Cc1ccc(CCN=Cc2c(O)[nH]c(=O)c3ccccc23)cc1. The van der Waals surface area contributed by atoms with E-state index in [4.69, 9.17) is 0 Å². The Morgan fingerprint density at radius 1 is 1.04 bits per heavy atom. The van der Waals surface area contributed by atoms with E-state index in [0.717, 1.165) is 13.0 Å². The van der Waals surface area contributed by atoms with Gasteiger partial charge in [0, 0.05) is 30.1 Å². The number of pyridine rings is 1. The molecule has 1 aromatic heterocycles. The van der Waals surface area contributed by atoms with E-state index in [1.54, 1.807) is 18.3 Å². The van der Waals surface area contributed by atoms with Crippen molar-refractivity contribution in [2.75, 3.05) is 20.6 Å². The lowest BCUT2D eigenvalue weighted by atomic mass is 10.1. The van der Waals surface area contributed by atoms with Crippen molar-refractivity contribution in [1.82, 2.24) is 9.88 Å². The van der Waals surface area contributed by atoms with E-state index in [2.05, 4.69) is 53.2 Å². The van der Waals surface area contributed by atoms with Crippen LogP contribution in [0.1, 0.15) is 16.7 Å². The Bertz CT molecular complexity index is 973. The molecule has 0 amide bonds. The van der Waals surface area contributed by atoms with E-state index in [1.807, 2.05) is 12.1 Å². The van der Waals surface area contributed by atoms with E-state index in [0.29, 0.717) is 22.9 Å². The second-order valence-corrected chi connectivity index (χ2v) is 6.60. The van der Waals surface area contributed by atoms with Gasteiger partial charge >= 0.3 is 0 Å². The van der Waals surface area contributed by atoms with E-state index < -0.39 is 0 Å². The third kappa shape index (κ3) is 4.18. The summed E-state index contributed by atoms with van der Waals surface area (Å²) in [7, 11) is 4.11. The van der Waals surface area contributed by atoms with Gasteiger partial charge in [-0.25, -0.2) is 0 Å². The first-order valence-corrected chi connectivity index (χ1v) is 8.61. The maximum Gasteiger partial charge on any atom is 0.258 e. The molecule has 0 unspecified atom stereocenters. The molecule has 5 nitrogen and oxygen atoms in total. The van der Waals surface area contributed by atoms with E-state index >= 15 is 0 Å². The molecule has 2 aromatic carbocycles. The number of nitrogens with zero attached hydrogens (tertiary/aromatic N) is 2. The number of nitrogens with one attached hydrogen (secondary N) is 1. The Labute approximate surface area is 152 Å². The number of aromatic amines is 1. The molecule has 1 heterocycles. The van der Waals surface area contributed by atoms with Crippen LogP contribution in [-0.4, -0.2) is 41.8 Å². The molecular formula is C21H23N3O2. The summed E-state index contributed by atoms with van der Waals surface area (Å²) in [5, 5.41) is 11.3. The molecule has 0 saturated carbocycles. The Kier molecular flexibility index (Phi) is 5.49. The molecule has 0 saturated heterocycles. The van der Waals surface area contributed by atoms with Crippen LogP contribution in [0.2, 0.25) is 0 Å². The Balaban J connectivity index is 1.70. The number of rotatable bonds is 6. The number of hydrogen-bond acceptors (Lipinski definition) is 4. The third-order valence-electron chi connectivity index (χ3n) is 4.22.